The Morgan fingerprint density at radius 1 is 1.15 bits per heavy atom. The van der Waals surface area contributed by atoms with Crippen LogP contribution < -0.4 is 5.32 Å². The minimum Gasteiger partial charge on any atom is -0.508 e. The molecule has 0 spiro atoms. The van der Waals surface area contributed by atoms with Crippen LogP contribution in [0.5, 0.6) is 5.75 Å². The Bertz CT molecular complexity index is 1280. The van der Waals surface area contributed by atoms with Gasteiger partial charge in [-0.05, 0) is 48.7 Å². The number of benzene rings is 2. The molecular formula is C24H23ClN4O3S. The Hall–Kier alpha value is -3.20. The number of nitrogens with one attached hydrogen (secondary N) is 1. The van der Waals surface area contributed by atoms with E-state index < -0.39 is 5.97 Å². The molecule has 1 unspecified atom stereocenters. The molecule has 4 aromatic rings. The highest BCUT2D eigenvalue weighted by molar-refractivity contribution is 7.22. The molecule has 1 aliphatic heterocycles. The minimum absolute atomic E-state index is 0. The number of phenols is 1. The van der Waals surface area contributed by atoms with Crippen molar-refractivity contribution >= 4 is 51.4 Å². The lowest BCUT2D eigenvalue weighted by molar-refractivity contribution is -0.142. The Morgan fingerprint density at radius 3 is 2.73 bits per heavy atom. The number of carboxylic acids is 1. The largest absolute Gasteiger partial charge is 0.508 e. The van der Waals surface area contributed by atoms with Gasteiger partial charge in [-0.25, -0.2) is 9.97 Å². The van der Waals surface area contributed by atoms with Gasteiger partial charge < -0.3 is 15.5 Å². The van der Waals surface area contributed by atoms with Crippen LogP contribution in [-0.2, 0) is 11.3 Å². The first-order valence-electron chi connectivity index (χ1n) is 10.4. The molecule has 9 heteroatoms. The van der Waals surface area contributed by atoms with Gasteiger partial charge >= 0.3 is 5.97 Å². The molecule has 2 aromatic heterocycles. The Labute approximate surface area is 201 Å². The number of thiophene rings is 1. The quantitative estimate of drug-likeness (QED) is 0.344. The van der Waals surface area contributed by atoms with E-state index >= 15 is 0 Å². The van der Waals surface area contributed by atoms with Crippen molar-refractivity contribution in [2.75, 3.05) is 11.9 Å². The van der Waals surface area contributed by atoms with Gasteiger partial charge in [0.2, 0.25) is 0 Å². The predicted molar refractivity (Wildman–Crippen MR) is 133 cm³/mol. The summed E-state index contributed by atoms with van der Waals surface area (Å²) in [5, 5.41) is 22.4. The van der Waals surface area contributed by atoms with E-state index in [1.807, 2.05) is 17.0 Å². The van der Waals surface area contributed by atoms with Gasteiger partial charge in [0, 0.05) is 23.2 Å². The zero-order chi connectivity index (χ0) is 22.1. The maximum atomic E-state index is 11.4. The second-order valence-electron chi connectivity index (χ2n) is 7.89. The summed E-state index contributed by atoms with van der Waals surface area (Å²) >= 11 is 1.61. The van der Waals surface area contributed by atoms with Gasteiger partial charge in [-0.3, -0.25) is 9.69 Å². The standard InChI is InChI=1S/C24H22N4O3S.ClH/c29-18-4-1-3-17(11-18)27-23-22-19(25-14-26-23)12-21(32-22)16-8-6-15(7-9-16)13-28-10-2-5-20(28)24(30)31;/h1,3-4,6-9,11-12,14,20,29H,2,5,10,13H2,(H,30,31)(H,25,26,27);1H. The van der Waals surface area contributed by atoms with E-state index in [0.717, 1.165) is 51.3 Å². The van der Waals surface area contributed by atoms with E-state index in [0.29, 0.717) is 12.4 Å². The fourth-order valence-corrected chi connectivity index (χ4v) is 5.17. The molecule has 1 saturated heterocycles. The van der Waals surface area contributed by atoms with Crippen LogP contribution in [0.1, 0.15) is 18.4 Å². The SMILES string of the molecule is Cl.O=C(O)C1CCCN1Cc1ccc(-c2cc3ncnc(Nc4cccc(O)c4)c3s2)cc1. The summed E-state index contributed by atoms with van der Waals surface area (Å²) in [7, 11) is 0. The molecule has 0 amide bonds. The van der Waals surface area contributed by atoms with E-state index in [1.54, 1.807) is 29.5 Å². The van der Waals surface area contributed by atoms with Crippen LogP contribution in [-0.4, -0.2) is 43.6 Å². The van der Waals surface area contributed by atoms with Crippen LogP contribution in [0.4, 0.5) is 11.5 Å². The number of aromatic nitrogens is 2. The normalized spacial score (nSPS) is 15.9. The first-order valence-corrected chi connectivity index (χ1v) is 11.3. The molecule has 3 heterocycles. The maximum Gasteiger partial charge on any atom is 0.320 e. The van der Waals surface area contributed by atoms with E-state index in [1.165, 1.54) is 6.33 Å². The summed E-state index contributed by atoms with van der Waals surface area (Å²) in [5.41, 5.74) is 3.80. The third-order valence-electron chi connectivity index (χ3n) is 5.69. The van der Waals surface area contributed by atoms with Crippen molar-refractivity contribution in [1.82, 2.24) is 14.9 Å². The molecule has 1 fully saturated rings. The molecule has 1 atom stereocenters. The van der Waals surface area contributed by atoms with E-state index in [4.69, 9.17) is 0 Å². The molecule has 7 nitrogen and oxygen atoms in total. The summed E-state index contributed by atoms with van der Waals surface area (Å²) in [6, 6.07) is 16.9. The molecule has 5 rings (SSSR count). The van der Waals surface area contributed by atoms with Crippen LogP contribution in [0.25, 0.3) is 20.7 Å². The molecule has 0 radical (unpaired) electrons. The van der Waals surface area contributed by atoms with Gasteiger partial charge in [-0.2, -0.15) is 0 Å². The molecule has 33 heavy (non-hydrogen) atoms. The molecule has 0 aliphatic carbocycles. The van der Waals surface area contributed by atoms with Gasteiger partial charge in [0.05, 0.1) is 10.2 Å². The lowest BCUT2D eigenvalue weighted by Gasteiger charge is -2.21. The zero-order valence-electron chi connectivity index (χ0n) is 17.6. The van der Waals surface area contributed by atoms with E-state index in [-0.39, 0.29) is 24.2 Å². The minimum atomic E-state index is -0.736. The molecule has 2 aromatic carbocycles. The highest BCUT2D eigenvalue weighted by Crippen LogP contribution is 2.37. The van der Waals surface area contributed by atoms with Crippen molar-refractivity contribution in [3.63, 3.8) is 0 Å². The Kier molecular flexibility index (Phi) is 6.78. The number of phenolic OH excluding ortho intramolecular Hbond substituents is 1. The van der Waals surface area contributed by atoms with Crippen LogP contribution in [0.3, 0.4) is 0 Å². The average Bonchev–Trinajstić information content (AvgIpc) is 3.42. The average molecular weight is 483 g/mol. The fraction of sp³-hybridized carbons (Fsp3) is 0.208. The van der Waals surface area contributed by atoms with Gasteiger partial charge in [-0.1, -0.05) is 30.3 Å². The number of rotatable bonds is 6. The monoisotopic (exact) mass is 482 g/mol. The number of likely N-dealkylation sites (tertiary alicyclic amines) is 1. The summed E-state index contributed by atoms with van der Waals surface area (Å²) in [5.74, 6) is 0.152. The van der Waals surface area contributed by atoms with Crippen molar-refractivity contribution in [3.05, 3.63) is 66.5 Å². The number of aliphatic carboxylic acids is 1. The number of hydrogen-bond donors (Lipinski definition) is 3. The summed E-state index contributed by atoms with van der Waals surface area (Å²) < 4.78 is 0.941. The maximum absolute atomic E-state index is 11.4. The summed E-state index contributed by atoms with van der Waals surface area (Å²) in [6.07, 6.45) is 3.17. The molecule has 0 bridgehead atoms. The highest BCUT2D eigenvalue weighted by atomic mass is 35.5. The van der Waals surface area contributed by atoms with Crippen LogP contribution in [0.15, 0.2) is 60.9 Å². The first kappa shape index (κ1) is 23.0. The van der Waals surface area contributed by atoms with Gasteiger partial charge in [-0.15, -0.1) is 23.7 Å². The molecule has 170 valence electrons. The van der Waals surface area contributed by atoms with Crippen molar-refractivity contribution in [2.24, 2.45) is 0 Å². The third kappa shape index (κ3) is 4.93. The lowest BCUT2D eigenvalue weighted by atomic mass is 10.1. The van der Waals surface area contributed by atoms with Gasteiger partial charge in [0.1, 0.15) is 18.1 Å². The summed E-state index contributed by atoms with van der Waals surface area (Å²) in [6.45, 7) is 1.47. The van der Waals surface area contributed by atoms with E-state index in [2.05, 4.69) is 39.6 Å². The van der Waals surface area contributed by atoms with Gasteiger partial charge in [0.25, 0.3) is 0 Å². The van der Waals surface area contributed by atoms with Gasteiger partial charge in [0.15, 0.2) is 5.82 Å². The molecule has 3 N–H and O–H groups in total. The van der Waals surface area contributed by atoms with E-state index in [9.17, 15) is 15.0 Å². The predicted octanol–water partition coefficient (Wildman–Crippen LogP) is 5.28. The van der Waals surface area contributed by atoms with Crippen LogP contribution in [0, 0.1) is 0 Å². The smallest absolute Gasteiger partial charge is 0.320 e. The zero-order valence-corrected chi connectivity index (χ0v) is 19.3. The van der Waals surface area contributed by atoms with Crippen molar-refractivity contribution in [3.8, 4) is 16.2 Å². The fourth-order valence-electron chi connectivity index (χ4n) is 4.11. The van der Waals surface area contributed by atoms with Crippen LogP contribution in [0.2, 0.25) is 0 Å². The number of carboxylic acid groups (broad SMARTS) is 1. The second kappa shape index (κ2) is 9.74. The molecule has 1 aliphatic rings. The van der Waals surface area contributed by atoms with Crippen molar-refractivity contribution in [2.45, 2.75) is 25.4 Å². The Balaban J connectivity index is 0.00000259. The topological polar surface area (TPSA) is 98.6 Å². The van der Waals surface area contributed by atoms with Crippen molar-refractivity contribution in [1.29, 1.82) is 0 Å². The molecular weight excluding hydrogens is 460 g/mol. The second-order valence-corrected chi connectivity index (χ2v) is 8.94. The number of halogens is 1. The number of carbonyl (C=O) groups is 1. The highest BCUT2D eigenvalue weighted by Gasteiger charge is 2.30. The number of hydrogen-bond acceptors (Lipinski definition) is 7. The number of anilines is 2. The first-order chi connectivity index (χ1) is 15.6. The molecule has 0 saturated carbocycles. The number of aromatic hydroxyl groups is 1. The Morgan fingerprint density at radius 2 is 1.97 bits per heavy atom. The lowest BCUT2D eigenvalue weighted by Crippen LogP contribution is -2.35. The number of nitrogens with zero attached hydrogens (tertiary/aromatic N) is 3. The van der Waals surface area contributed by atoms with Crippen molar-refractivity contribution < 1.29 is 15.0 Å². The third-order valence-corrected chi connectivity index (χ3v) is 6.87. The summed E-state index contributed by atoms with van der Waals surface area (Å²) in [4.78, 5) is 23.3. The number of fused-ring (bicyclic) bond motifs is 1. The van der Waals surface area contributed by atoms with Crippen LogP contribution >= 0.6 is 23.7 Å².